The summed E-state index contributed by atoms with van der Waals surface area (Å²) >= 11 is 1.38. The summed E-state index contributed by atoms with van der Waals surface area (Å²) < 4.78 is 66.4. The Morgan fingerprint density at radius 1 is 1.12 bits per heavy atom. The fourth-order valence-corrected chi connectivity index (χ4v) is 3.64. The van der Waals surface area contributed by atoms with Crippen molar-refractivity contribution in [3.8, 4) is 11.6 Å². The third-order valence-electron chi connectivity index (χ3n) is 3.15. The molecule has 24 heavy (non-hydrogen) atoms. The molecule has 0 saturated carbocycles. The van der Waals surface area contributed by atoms with Crippen molar-refractivity contribution in [2.24, 2.45) is 0 Å². The Labute approximate surface area is 138 Å². The van der Waals surface area contributed by atoms with Gasteiger partial charge in [0, 0.05) is 0 Å². The maximum absolute atomic E-state index is 12.5. The number of nitrogens with zero attached hydrogens (tertiary/aromatic N) is 2. The normalized spacial score (nSPS) is 12.5. The molecule has 0 saturated heterocycles. The van der Waals surface area contributed by atoms with Crippen molar-refractivity contribution >= 4 is 31.4 Å². The first kappa shape index (κ1) is 16.7. The summed E-state index contributed by atoms with van der Waals surface area (Å²) in [5, 5.41) is 1.88. The predicted molar refractivity (Wildman–Crippen MR) is 81.9 cm³/mol. The summed E-state index contributed by atoms with van der Waals surface area (Å²) in [7, 11) is -5.38. The molecule has 0 atom stereocenters. The number of fused-ring (bicyclic) bond motifs is 1. The molecule has 5 nitrogen and oxygen atoms in total. The van der Waals surface area contributed by atoms with Gasteiger partial charge < -0.3 is 4.74 Å². The van der Waals surface area contributed by atoms with E-state index in [-0.39, 0.29) is 11.6 Å². The highest BCUT2D eigenvalue weighted by Crippen LogP contribution is 2.34. The summed E-state index contributed by atoms with van der Waals surface area (Å²) in [4.78, 5) is 7.29. The minimum Gasteiger partial charge on any atom is -0.437 e. The van der Waals surface area contributed by atoms with Gasteiger partial charge in [-0.1, -0.05) is 0 Å². The standard InChI is InChI=1S/C14H9F3N2O3S2/c1-8-6-23-12-11(8)18-7-19-13(12)22-9-2-4-10(5-3-9)24(20,21)14(15,16)17/h2-7H,1H3. The van der Waals surface area contributed by atoms with Gasteiger partial charge >= 0.3 is 5.51 Å². The molecule has 2 aromatic heterocycles. The van der Waals surface area contributed by atoms with Crippen LogP contribution in [0.5, 0.6) is 11.6 Å². The maximum atomic E-state index is 12.5. The van der Waals surface area contributed by atoms with Crippen molar-refractivity contribution < 1.29 is 26.3 Å². The minimum absolute atomic E-state index is 0.169. The van der Waals surface area contributed by atoms with Crippen molar-refractivity contribution in [1.29, 1.82) is 0 Å². The molecule has 0 aliphatic carbocycles. The first-order valence-corrected chi connectivity index (χ1v) is 8.84. The number of aromatic nitrogens is 2. The first-order chi connectivity index (χ1) is 11.2. The number of thiophene rings is 1. The third kappa shape index (κ3) is 2.82. The molecular formula is C14H9F3N2O3S2. The van der Waals surface area contributed by atoms with Gasteiger partial charge in [0.05, 0.1) is 10.4 Å². The minimum atomic E-state index is -5.38. The van der Waals surface area contributed by atoms with Gasteiger partial charge in [-0.05, 0) is 42.1 Å². The Balaban J connectivity index is 1.92. The van der Waals surface area contributed by atoms with Crippen LogP contribution in [-0.2, 0) is 9.84 Å². The lowest BCUT2D eigenvalue weighted by molar-refractivity contribution is -0.0436. The van der Waals surface area contributed by atoms with E-state index in [1.807, 2.05) is 12.3 Å². The number of halogens is 3. The van der Waals surface area contributed by atoms with Crippen LogP contribution in [0.25, 0.3) is 10.2 Å². The van der Waals surface area contributed by atoms with Crippen LogP contribution in [0.4, 0.5) is 13.2 Å². The molecule has 126 valence electrons. The molecular weight excluding hydrogens is 365 g/mol. The number of rotatable bonds is 3. The molecule has 3 aromatic rings. The van der Waals surface area contributed by atoms with E-state index in [1.165, 1.54) is 17.7 Å². The number of sulfone groups is 1. The third-order valence-corrected chi connectivity index (χ3v) is 5.73. The highest BCUT2D eigenvalue weighted by atomic mass is 32.2. The van der Waals surface area contributed by atoms with E-state index in [0.29, 0.717) is 4.70 Å². The summed E-state index contributed by atoms with van der Waals surface area (Å²) in [6, 6.07) is 3.98. The zero-order valence-electron chi connectivity index (χ0n) is 12.0. The lowest BCUT2D eigenvalue weighted by atomic mass is 10.3. The Bertz CT molecular complexity index is 996. The smallest absolute Gasteiger partial charge is 0.437 e. The summed E-state index contributed by atoms with van der Waals surface area (Å²) in [5.74, 6) is 0.423. The molecule has 3 rings (SSSR count). The second-order valence-electron chi connectivity index (χ2n) is 4.80. The molecule has 2 heterocycles. The lowest BCUT2D eigenvalue weighted by Crippen LogP contribution is -2.23. The number of hydrogen-bond donors (Lipinski definition) is 0. The van der Waals surface area contributed by atoms with E-state index in [2.05, 4.69) is 9.97 Å². The highest BCUT2D eigenvalue weighted by Gasteiger charge is 2.46. The topological polar surface area (TPSA) is 69.2 Å². The van der Waals surface area contributed by atoms with Gasteiger partial charge in [-0.25, -0.2) is 18.4 Å². The zero-order valence-corrected chi connectivity index (χ0v) is 13.7. The van der Waals surface area contributed by atoms with Crippen molar-refractivity contribution in [1.82, 2.24) is 9.97 Å². The van der Waals surface area contributed by atoms with Crippen molar-refractivity contribution in [3.05, 3.63) is 41.5 Å². The average Bonchev–Trinajstić information content (AvgIpc) is 2.89. The van der Waals surface area contributed by atoms with E-state index >= 15 is 0 Å². The SMILES string of the molecule is Cc1csc2c(Oc3ccc(S(=O)(=O)C(F)(F)F)cc3)ncnc12. The molecule has 0 fully saturated rings. The molecule has 0 N–H and O–H groups in total. The molecule has 0 aliphatic rings. The highest BCUT2D eigenvalue weighted by molar-refractivity contribution is 7.92. The van der Waals surface area contributed by atoms with E-state index in [4.69, 9.17) is 4.74 Å². The molecule has 0 spiro atoms. The van der Waals surface area contributed by atoms with E-state index in [0.717, 1.165) is 35.3 Å². The largest absolute Gasteiger partial charge is 0.501 e. The van der Waals surface area contributed by atoms with Crippen LogP contribution in [0.15, 0.2) is 40.9 Å². The molecule has 0 unspecified atom stereocenters. The van der Waals surface area contributed by atoms with Gasteiger partial charge in [-0.3, -0.25) is 0 Å². The van der Waals surface area contributed by atoms with Gasteiger partial charge in [0.1, 0.15) is 16.8 Å². The fourth-order valence-electron chi connectivity index (χ4n) is 1.95. The quantitative estimate of drug-likeness (QED) is 0.691. The Morgan fingerprint density at radius 2 is 1.79 bits per heavy atom. The number of benzene rings is 1. The van der Waals surface area contributed by atoms with Crippen LogP contribution >= 0.6 is 11.3 Å². The van der Waals surface area contributed by atoms with Gasteiger partial charge in [0.25, 0.3) is 9.84 Å². The van der Waals surface area contributed by atoms with Gasteiger partial charge in [0.15, 0.2) is 0 Å². The molecule has 0 bridgehead atoms. The van der Waals surface area contributed by atoms with Gasteiger partial charge in [-0.2, -0.15) is 13.2 Å². The fraction of sp³-hybridized carbons (Fsp3) is 0.143. The zero-order chi connectivity index (χ0) is 17.5. The van der Waals surface area contributed by atoms with Crippen LogP contribution in [0, 0.1) is 6.92 Å². The predicted octanol–water partition coefficient (Wildman–Crippen LogP) is 4.09. The second kappa shape index (κ2) is 5.71. The molecule has 10 heteroatoms. The van der Waals surface area contributed by atoms with Crippen LogP contribution < -0.4 is 4.74 Å². The van der Waals surface area contributed by atoms with Gasteiger partial charge in [-0.15, -0.1) is 11.3 Å². The summed E-state index contributed by atoms with van der Waals surface area (Å²) in [6.07, 6.45) is 1.32. The van der Waals surface area contributed by atoms with E-state index in [9.17, 15) is 21.6 Å². The molecule has 1 aromatic carbocycles. The second-order valence-corrected chi connectivity index (χ2v) is 7.62. The number of hydrogen-bond acceptors (Lipinski definition) is 6. The Kier molecular flexibility index (Phi) is 3.96. The van der Waals surface area contributed by atoms with Crippen LogP contribution in [0.1, 0.15) is 5.56 Å². The molecule has 0 amide bonds. The Hall–Kier alpha value is -2.20. The lowest BCUT2D eigenvalue weighted by Gasteiger charge is -2.09. The van der Waals surface area contributed by atoms with Crippen LogP contribution in [0.2, 0.25) is 0 Å². The molecule has 0 radical (unpaired) electrons. The average molecular weight is 374 g/mol. The molecule has 0 aliphatic heterocycles. The van der Waals surface area contributed by atoms with Crippen molar-refractivity contribution in [2.45, 2.75) is 17.3 Å². The summed E-state index contributed by atoms with van der Waals surface area (Å²) in [6.45, 7) is 1.88. The van der Waals surface area contributed by atoms with Gasteiger partial charge in [0.2, 0.25) is 5.88 Å². The Morgan fingerprint density at radius 3 is 2.42 bits per heavy atom. The number of alkyl halides is 3. The number of ether oxygens (including phenoxy) is 1. The van der Waals surface area contributed by atoms with E-state index in [1.54, 1.807) is 0 Å². The van der Waals surface area contributed by atoms with Crippen LogP contribution in [-0.4, -0.2) is 23.9 Å². The van der Waals surface area contributed by atoms with E-state index < -0.39 is 20.2 Å². The summed E-state index contributed by atoms with van der Waals surface area (Å²) in [5.41, 5.74) is -3.67. The van der Waals surface area contributed by atoms with Crippen molar-refractivity contribution in [2.75, 3.05) is 0 Å². The maximum Gasteiger partial charge on any atom is 0.501 e. The first-order valence-electron chi connectivity index (χ1n) is 6.48. The van der Waals surface area contributed by atoms with Crippen LogP contribution in [0.3, 0.4) is 0 Å². The monoisotopic (exact) mass is 374 g/mol. The van der Waals surface area contributed by atoms with Crippen molar-refractivity contribution in [3.63, 3.8) is 0 Å². The number of aryl methyl sites for hydroxylation is 1.